The molecule has 0 unspecified atom stereocenters. The number of hydrogen-bond acceptors (Lipinski definition) is 4. The summed E-state index contributed by atoms with van der Waals surface area (Å²) < 4.78 is 13.7. The molecule has 0 spiro atoms. The molecule has 0 fully saturated rings. The molecule has 3 aromatic rings. The summed E-state index contributed by atoms with van der Waals surface area (Å²) in [4.78, 5) is 19.9. The first-order valence-corrected chi connectivity index (χ1v) is 7.68. The Hall–Kier alpha value is -3.02. The first-order chi connectivity index (χ1) is 11.7. The highest BCUT2D eigenvalue weighted by molar-refractivity contribution is 5.91. The van der Waals surface area contributed by atoms with E-state index in [1.807, 2.05) is 30.3 Å². The molecule has 0 aliphatic rings. The molecular weight excluding hydrogens is 307 g/mol. The molecule has 0 aliphatic carbocycles. The van der Waals surface area contributed by atoms with Gasteiger partial charge in [-0.05, 0) is 24.1 Å². The van der Waals surface area contributed by atoms with Crippen LogP contribution in [0.5, 0.6) is 0 Å². The van der Waals surface area contributed by atoms with Crippen LogP contribution in [0.4, 0.5) is 10.2 Å². The van der Waals surface area contributed by atoms with E-state index < -0.39 is 5.82 Å². The molecule has 0 aliphatic heterocycles. The molecule has 24 heavy (non-hydrogen) atoms. The lowest BCUT2D eigenvalue weighted by molar-refractivity contribution is -0.119. The number of carbonyl (C=O) groups excluding carboxylic acids is 1. The second-order valence-corrected chi connectivity index (χ2v) is 5.30. The van der Waals surface area contributed by atoms with Gasteiger partial charge in [0.2, 0.25) is 5.91 Å². The van der Waals surface area contributed by atoms with Crippen molar-refractivity contribution in [1.82, 2.24) is 15.3 Å². The molecule has 2 aromatic carbocycles. The van der Waals surface area contributed by atoms with Crippen molar-refractivity contribution >= 4 is 22.6 Å². The van der Waals surface area contributed by atoms with Gasteiger partial charge in [0.1, 0.15) is 23.5 Å². The average molecular weight is 324 g/mol. The zero-order valence-electron chi connectivity index (χ0n) is 13.0. The third kappa shape index (κ3) is 3.84. The quantitative estimate of drug-likeness (QED) is 0.731. The molecule has 0 saturated heterocycles. The van der Waals surface area contributed by atoms with Gasteiger partial charge in [0.25, 0.3) is 0 Å². The highest BCUT2D eigenvalue weighted by Crippen LogP contribution is 2.20. The normalized spacial score (nSPS) is 10.5. The van der Waals surface area contributed by atoms with Crippen molar-refractivity contribution in [1.29, 1.82) is 0 Å². The molecule has 1 aromatic heterocycles. The van der Waals surface area contributed by atoms with Gasteiger partial charge in [-0.15, -0.1) is 0 Å². The number of para-hydroxylation sites is 1. The van der Waals surface area contributed by atoms with E-state index in [1.54, 1.807) is 12.1 Å². The van der Waals surface area contributed by atoms with Gasteiger partial charge in [-0.1, -0.05) is 36.4 Å². The number of anilines is 1. The van der Waals surface area contributed by atoms with Crippen LogP contribution in [0.3, 0.4) is 0 Å². The lowest BCUT2D eigenvalue weighted by Crippen LogP contribution is -2.31. The van der Waals surface area contributed by atoms with Crippen LogP contribution in [0.1, 0.15) is 5.56 Å². The van der Waals surface area contributed by atoms with Crippen LogP contribution < -0.4 is 10.6 Å². The zero-order valence-corrected chi connectivity index (χ0v) is 13.0. The maximum Gasteiger partial charge on any atom is 0.239 e. The number of amides is 1. The zero-order chi connectivity index (χ0) is 16.8. The smallest absolute Gasteiger partial charge is 0.239 e. The van der Waals surface area contributed by atoms with Crippen molar-refractivity contribution in [2.24, 2.45) is 0 Å². The third-order valence-corrected chi connectivity index (χ3v) is 3.61. The van der Waals surface area contributed by atoms with Crippen LogP contribution in [0, 0.1) is 5.82 Å². The Labute approximate surface area is 138 Å². The molecule has 0 atom stereocenters. The fraction of sp³-hybridized carbons (Fsp3) is 0.167. The number of aromatic nitrogens is 2. The van der Waals surface area contributed by atoms with Gasteiger partial charge in [0.15, 0.2) is 0 Å². The molecule has 1 heterocycles. The number of benzene rings is 2. The van der Waals surface area contributed by atoms with E-state index >= 15 is 0 Å². The Morgan fingerprint density at radius 1 is 1.04 bits per heavy atom. The standard InChI is InChI=1S/C18H17FN4O/c19-15-8-4-7-14-17(15)22-12-23-18(14)21-11-16(24)20-10-9-13-5-2-1-3-6-13/h1-8,12H,9-11H2,(H,20,24)(H,21,22,23). The summed E-state index contributed by atoms with van der Waals surface area (Å²) in [6, 6.07) is 14.6. The summed E-state index contributed by atoms with van der Waals surface area (Å²) in [5.74, 6) is -0.114. The Kier molecular flexibility index (Phi) is 4.96. The van der Waals surface area contributed by atoms with Crippen molar-refractivity contribution in [2.75, 3.05) is 18.4 Å². The molecule has 3 rings (SSSR count). The van der Waals surface area contributed by atoms with Crippen LogP contribution in [0.2, 0.25) is 0 Å². The number of nitrogens with one attached hydrogen (secondary N) is 2. The van der Waals surface area contributed by atoms with E-state index in [0.29, 0.717) is 17.7 Å². The lowest BCUT2D eigenvalue weighted by atomic mass is 10.1. The van der Waals surface area contributed by atoms with Gasteiger partial charge >= 0.3 is 0 Å². The van der Waals surface area contributed by atoms with Gasteiger partial charge in [-0.2, -0.15) is 0 Å². The molecule has 6 heteroatoms. The van der Waals surface area contributed by atoms with Gasteiger partial charge < -0.3 is 10.6 Å². The maximum atomic E-state index is 13.7. The van der Waals surface area contributed by atoms with Crippen LogP contribution in [-0.2, 0) is 11.2 Å². The number of carbonyl (C=O) groups is 1. The first-order valence-electron chi connectivity index (χ1n) is 7.68. The highest BCUT2D eigenvalue weighted by Gasteiger charge is 2.08. The number of nitrogens with zero attached hydrogens (tertiary/aromatic N) is 2. The summed E-state index contributed by atoms with van der Waals surface area (Å²) in [5, 5.41) is 6.33. The monoisotopic (exact) mass is 324 g/mol. The number of hydrogen-bond donors (Lipinski definition) is 2. The molecule has 122 valence electrons. The predicted octanol–water partition coefficient (Wildman–Crippen LogP) is 2.54. The van der Waals surface area contributed by atoms with Crippen molar-refractivity contribution in [3.8, 4) is 0 Å². The molecule has 0 saturated carbocycles. The lowest BCUT2D eigenvalue weighted by Gasteiger charge is -2.09. The van der Waals surface area contributed by atoms with Gasteiger partial charge in [0, 0.05) is 11.9 Å². The minimum absolute atomic E-state index is 0.0669. The Morgan fingerprint density at radius 3 is 2.71 bits per heavy atom. The summed E-state index contributed by atoms with van der Waals surface area (Å²) in [7, 11) is 0. The Bertz CT molecular complexity index is 839. The van der Waals surface area contributed by atoms with Crippen molar-refractivity contribution < 1.29 is 9.18 Å². The van der Waals surface area contributed by atoms with Crippen LogP contribution in [0.25, 0.3) is 10.9 Å². The molecule has 0 radical (unpaired) electrons. The van der Waals surface area contributed by atoms with E-state index in [1.165, 1.54) is 18.0 Å². The first kappa shape index (κ1) is 15.9. The fourth-order valence-corrected chi connectivity index (χ4v) is 2.41. The van der Waals surface area contributed by atoms with E-state index in [4.69, 9.17) is 0 Å². The SMILES string of the molecule is O=C(CNc1ncnc2c(F)cccc12)NCCc1ccccc1. The van der Waals surface area contributed by atoms with Crippen LogP contribution >= 0.6 is 0 Å². The topological polar surface area (TPSA) is 66.9 Å². The number of rotatable bonds is 6. The summed E-state index contributed by atoms with van der Waals surface area (Å²) in [6.45, 7) is 0.626. The molecule has 2 N–H and O–H groups in total. The maximum absolute atomic E-state index is 13.7. The second kappa shape index (κ2) is 7.50. The van der Waals surface area contributed by atoms with Crippen molar-refractivity contribution in [3.63, 3.8) is 0 Å². The summed E-state index contributed by atoms with van der Waals surface area (Å²) >= 11 is 0. The van der Waals surface area contributed by atoms with Gasteiger partial charge in [-0.3, -0.25) is 4.79 Å². The molecule has 1 amide bonds. The molecule has 5 nitrogen and oxygen atoms in total. The van der Waals surface area contributed by atoms with Crippen LogP contribution in [-0.4, -0.2) is 29.0 Å². The third-order valence-electron chi connectivity index (χ3n) is 3.61. The number of fused-ring (bicyclic) bond motifs is 1. The van der Waals surface area contributed by atoms with Gasteiger partial charge in [0.05, 0.1) is 6.54 Å². The van der Waals surface area contributed by atoms with Crippen molar-refractivity contribution in [3.05, 3.63) is 66.2 Å². The second-order valence-electron chi connectivity index (χ2n) is 5.30. The minimum atomic E-state index is -0.412. The van der Waals surface area contributed by atoms with E-state index in [2.05, 4.69) is 20.6 Å². The van der Waals surface area contributed by atoms with Crippen molar-refractivity contribution in [2.45, 2.75) is 6.42 Å². The van der Waals surface area contributed by atoms with Crippen LogP contribution in [0.15, 0.2) is 54.9 Å². The highest BCUT2D eigenvalue weighted by atomic mass is 19.1. The molecular formula is C18H17FN4O. The largest absolute Gasteiger partial charge is 0.360 e. The van der Waals surface area contributed by atoms with E-state index in [0.717, 1.165) is 6.42 Å². The Balaban J connectivity index is 1.54. The van der Waals surface area contributed by atoms with E-state index in [9.17, 15) is 9.18 Å². The Morgan fingerprint density at radius 2 is 1.88 bits per heavy atom. The predicted molar refractivity (Wildman–Crippen MR) is 91.1 cm³/mol. The minimum Gasteiger partial charge on any atom is -0.360 e. The number of halogens is 1. The van der Waals surface area contributed by atoms with Gasteiger partial charge in [-0.25, -0.2) is 14.4 Å². The van der Waals surface area contributed by atoms with E-state index in [-0.39, 0.29) is 18.0 Å². The molecule has 0 bridgehead atoms. The fourth-order valence-electron chi connectivity index (χ4n) is 2.41. The summed E-state index contributed by atoms with van der Waals surface area (Å²) in [6.07, 6.45) is 2.05. The summed E-state index contributed by atoms with van der Waals surface area (Å²) in [5.41, 5.74) is 1.41. The average Bonchev–Trinajstić information content (AvgIpc) is 2.61.